The molecule has 21 heavy (non-hydrogen) atoms. The Bertz CT molecular complexity index is 560. The predicted molar refractivity (Wildman–Crippen MR) is 89.7 cm³/mol. The molecule has 0 aromatic heterocycles. The smallest absolute Gasteiger partial charge is 0.230 e. The molecule has 116 valence electrons. The second-order valence-electron chi connectivity index (χ2n) is 4.85. The summed E-state index contributed by atoms with van der Waals surface area (Å²) >= 11 is 3.16. The fourth-order valence-corrected chi connectivity index (χ4v) is 6.28. The molecule has 1 fully saturated rings. The van der Waals surface area contributed by atoms with Crippen LogP contribution < -0.4 is 5.32 Å². The Morgan fingerprint density at radius 3 is 2.71 bits per heavy atom. The number of hydrogen-bond donors (Lipinski definition) is 1. The Kier molecular flexibility index (Phi) is 6.44. The van der Waals surface area contributed by atoms with Crippen molar-refractivity contribution >= 4 is 39.3 Å². The van der Waals surface area contributed by atoms with Gasteiger partial charge in [-0.15, -0.1) is 23.5 Å². The van der Waals surface area contributed by atoms with E-state index in [1.807, 2.05) is 30.3 Å². The van der Waals surface area contributed by atoms with Crippen molar-refractivity contribution in [3.8, 4) is 0 Å². The Morgan fingerprint density at radius 2 is 2.05 bits per heavy atom. The van der Waals surface area contributed by atoms with Crippen molar-refractivity contribution in [2.45, 2.75) is 16.6 Å². The fourth-order valence-electron chi connectivity index (χ4n) is 2.01. The highest BCUT2D eigenvalue weighted by Gasteiger charge is 2.28. The zero-order valence-electron chi connectivity index (χ0n) is 11.7. The summed E-state index contributed by atoms with van der Waals surface area (Å²) in [4.78, 5) is 12.9. The molecule has 1 N–H and O–H groups in total. The fraction of sp³-hybridized carbons (Fsp3) is 0.500. The third-order valence-electron chi connectivity index (χ3n) is 3.08. The van der Waals surface area contributed by atoms with Crippen molar-refractivity contribution in [2.24, 2.45) is 0 Å². The largest absolute Gasteiger partial charge is 0.355 e. The van der Waals surface area contributed by atoms with Crippen molar-refractivity contribution in [1.82, 2.24) is 5.32 Å². The molecular formula is C14H19NO3S3. The van der Waals surface area contributed by atoms with Crippen molar-refractivity contribution in [3.05, 3.63) is 30.3 Å². The van der Waals surface area contributed by atoms with Crippen LogP contribution in [0.4, 0.5) is 0 Å². The van der Waals surface area contributed by atoms with Crippen LogP contribution in [0.25, 0.3) is 0 Å². The van der Waals surface area contributed by atoms with Crippen LogP contribution in [0.5, 0.6) is 0 Å². The van der Waals surface area contributed by atoms with Gasteiger partial charge < -0.3 is 5.32 Å². The van der Waals surface area contributed by atoms with E-state index in [-0.39, 0.29) is 22.7 Å². The molecule has 1 amide bonds. The molecule has 1 saturated heterocycles. The lowest BCUT2D eigenvalue weighted by molar-refractivity contribution is -0.118. The number of nitrogens with one attached hydrogen (secondary N) is 1. The Morgan fingerprint density at radius 1 is 1.29 bits per heavy atom. The second-order valence-corrected chi connectivity index (χ2v) is 9.53. The molecule has 0 bridgehead atoms. The number of carbonyl (C=O) groups excluding carboxylic acids is 1. The highest BCUT2D eigenvalue weighted by Crippen LogP contribution is 2.24. The minimum absolute atomic E-state index is 0.0158. The molecule has 0 spiro atoms. The summed E-state index contributed by atoms with van der Waals surface area (Å²) in [6, 6.07) is 10.1. The summed E-state index contributed by atoms with van der Waals surface area (Å²) in [5.41, 5.74) is 0. The van der Waals surface area contributed by atoms with Gasteiger partial charge in [0.15, 0.2) is 9.84 Å². The Labute approximate surface area is 134 Å². The number of amides is 1. The molecule has 0 aliphatic carbocycles. The third kappa shape index (κ3) is 6.32. The molecule has 0 unspecified atom stereocenters. The monoisotopic (exact) mass is 345 g/mol. The number of benzene rings is 1. The van der Waals surface area contributed by atoms with Crippen molar-refractivity contribution < 1.29 is 13.2 Å². The molecule has 1 heterocycles. The van der Waals surface area contributed by atoms with E-state index in [1.165, 1.54) is 16.7 Å². The van der Waals surface area contributed by atoms with Crippen LogP contribution >= 0.6 is 23.5 Å². The minimum Gasteiger partial charge on any atom is -0.355 e. The van der Waals surface area contributed by atoms with Crippen LogP contribution in [0.1, 0.15) is 6.42 Å². The summed E-state index contributed by atoms with van der Waals surface area (Å²) in [5, 5.41) is 2.95. The maximum absolute atomic E-state index is 11.7. The molecular weight excluding hydrogens is 326 g/mol. The van der Waals surface area contributed by atoms with Gasteiger partial charge >= 0.3 is 0 Å². The molecule has 0 radical (unpaired) electrons. The number of thioether (sulfide) groups is 2. The molecule has 1 aliphatic rings. The lowest BCUT2D eigenvalue weighted by atomic mass is 10.4. The number of rotatable bonds is 7. The van der Waals surface area contributed by atoms with Gasteiger partial charge in [-0.3, -0.25) is 4.79 Å². The highest BCUT2D eigenvalue weighted by molar-refractivity contribution is 8.02. The van der Waals surface area contributed by atoms with Gasteiger partial charge in [-0.05, 0) is 18.6 Å². The van der Waals surface area contributed by atoms with E-state index in [0.29, 0.717) is 18.7 Å². The molecule has 4 nitrogen and oxygen atoms in total. The summed E-state index contributed by atoms with van der Waals surface area (Å²) in [5.74, 6) is 1.64. The van der Waals surface area contributed by atoms with E-state index in [4.69, 9.17) is 0 Å². The van der Waals surface area contributed by atoms with Gasteiger partial charge in [-0.25, -0.2) is 8.42 Å². The van der Waals surface area contributed by atoms with Gasteiger partial charge in [0, 0.05) is 22.4 Å². The van der Waals surface area contributed by atoms with Gasteiger partial charge in [-0.1, -0.05) is 18.2 Å². The Hall–Kier alpha value is -0.660. The van der Waals surface area contributed by atoms with Crippen LogP contribution in [0.2, 0.25) is 0 Å². The first-order valence-corrected chi connectivity index (χ1v) is 10.7. The van der Waals surface area contributed by atoms with Crippen molar-refractivity contribution in [1.29, 1.82) is 0 Å². The van der Waals surface area contributed by atoms with Crippen LogP contribution in [0.15, 0.2) is 35.2 Å². The van der Waals surface area contributed by atoms with Crippen LogP contribution in [-0.2, 0) is 14.6 Å². The van der Waals surface area contributed by atoms with Gasteiger partial charge in [0.05, 0.1) is 17.3 Å². The zero-order chi connectivity index (χ0) is 15.1. The molecule has 7 heteroatoms. The second kappa shape index (κ2) is 8.10. The van der Waals surface area contributed by atoms with Gasteiger partial charge in [0.2, 0.25) is 5.91 Å². The van der Waals surface area contributed by atoms with Gasteiger partial charge in [0.25, 0.3) is 0 Å². The van der Waals surface area contributed by atoms with Crippen LogP contribution in [-0.4, -0.2) is 49.1 Å². The van der Waals surface area contributed by atoms with Crippen molar-refractivity contribution in [3.63, 3.8) is 0 Å². The number of sulfone groups is 1. The van der Waals surface area contributed by atoms with Gasteiger partial charge in [-0.2, -0.15) is 0 Å². The Balaban J connectivity index is 1.56. The third-order valence-corrected chi connectivity index (χ3v) is 7.37. The number of carbonyl (C=O) groups is 1. The molecule has 0 saturated carbocycles. The van der Waals surface area contributed by atoms with E-state index in [2.05, 4.69) is 5.32 Å². The summed E-state index contributed by atoms with van der Waals surface area (Å²) in [7, 11) is -2.85. The molecule has 1 aliphatic heterocycles. The lowest BCUT2D eigenvalue weighted by Gasteiger charge is -2.08. The first-order chi connectivity index (χ1) is 10.1. The standard InChI is InChI=1S/C14H19NO3S3/c16-14(10-20-13-6-9-21(17,18)11-13)15-7-8-19-12-4-2-1-3-5-12/h1-5,13H,6-11H2,(H,15,16)/t13-/m0/s1. The van der Waals surface area contributed by atoms with E-state index >= 15 is 0 Å². The van der Waals surface area contributed by atoms with E-state index in [9.17, 15) is 13.2 Å². The molecule has 2 rings (SSSR count). The first-order valence-electron chi connectivity index (χ1n) is 6.82. The maximum atomic E-state index is 11.7. The molecule has 1 atom stereocenters. The van der Waals surface area contributed by atoms with E-state index < -0.39 is 9.84 Å². The topological polar surface area (TPSA) is 63.2 Å². The van der Waals surface area contributed by atoms with E-state index in [1.54, 1.807) is 11.8 Å². The van der Waals surface area contributed by atoms with Crippen LogP contribution in [0.3, 0.4) is 0 Å². The summed E-state index contributed by atoms with van der Waals surface area (Å²) < 4.78 is 22.6. The van der Waals surface area contributed by atoms with Crippen molar-refractivity contribution in [2.75, 3.05) is 29.6 Å². The summed E-state index contributed by atoms with van der Waals surface area (Å²) in [6.07, 6.45) is 0.671. The van der Waals surface area contributed by atoms with E-state index in [0.717, 1.165) is 5.75 Å². The van der Waals surface area contributed by atoms with Crippen LogP contribution in [0, 0.1) is 0 Å². The summed E-state index contributed by atoms with van der Waals surface area (Å²) in [6.45, 7) is 0.627. The predicted octanol–water partition coefficient (Wildman–Crippen LogP) is 1.82. The minimum atomic E-state index is -2.85. The normalized spacial score (nSPS) is 20.3. The lowest BCUT2D eigenvalue weighted by Crippen LogP contribution is -2.28. The first kappa shape index (κ1) is 16.7. The quantitative estimate of drug-likeness (QED) is 0.603. The number of hydrogen-bond acceptors (Lipinski definition) is 5. The average Bonchev–Trinajstić information content (AvgIpc) is 2.82. The molecule has 1 aromatic carbocycles. The average molecular weight is 346 g/mol. The SMILES string of the molecule is O=C(CS[C@H]1CCS(=O)(=O)C1)NCCSc1ccccc1. The maximum Gasteiger partial charge on any atom is 0.230 e. The zero-order valence-corrected chi connectivity index (χ0v) is 14.1. The van der Waals surface area contributed by atoms with Gasteiger partial charge in [0.1, 0.15) is 0 Å². The molecule has 1 aromatic rings. The highest BCUT2D eigenvalue weighted by atomic mass is 32.2.